The molecule has 0 aliphatic heterocycles. The van der Waals surface area contributed by atoms with Gasteiger partial charge in [0.1, 0.15) is 0 Å². The molecule has 1 saturated carbocycles. The van der Waals surface area contributed by atoms with Gasteiger partial charge < -0.3 is 16.4 Å². The van der Waals surface area contributed by atoms with E-state index < -0.39 is 5.54 Å². The SMILES string of the molecule is CCN(CCC1CCCC1(N)C(N)=O)c1ccccc1C. The summed E-state index contributed by atoms with van der Waals surface area (Å²) in [5.41, 5.74) is 13.5. The number of amides is 1. The van der Waals surface area contributed by atoms with Gasteiger partial charge in [-0.15, -0.1) is 0 Å². The van der Waals surface area contributed by atoms with Crippen molar-refractivity contribution in [1.29, 1.82) is 0 Å². The summed E-state index contributed by atoms with van der Waals surface area (Å²) in [5.74, 6) is -0.142. The standard InChI is InChI=1S/C17H27N3O/c1-3-20(15-9-5-4-7-13(15)2)12-10-14-8-6-11-17(14,19)16(18)21/h4-5,7,9,14H,3,6,8,10-12,19H2,1-2H3,(H2,18,21). The van der Waals surface area contributed by atoms with Crippen LogP contribution in [0, 0.1) is 12.8 Å². The average molecular weight is 289 g/mol. The van der Waals surface area contributed by atoms with Crippen LogP contribution in [-0.4, -0.2) is 24.5 Å². The minimum absolute atomic E-state index is 0.202. The summed E-state index contributed by atoms with van der Waals surface area (Å²) >= 11 is 0. The minimum atomic E-state index is -0.800. The Balaban J connectivity index is 2.04. The molecular formula is C17H27N3O. The van der Waals surface area contributed by atoms with Crippen molar-refractivity contribution in [2.75, 3.05) is 18.0 Å². The molecule has 1 aromatic rings. The quantitative estimate of drug-likeness (QED) is 0.843. The average Bonchev–Trinajstić information content (AvgIpc) is 2.84. The third-order valence-electron chi connectivity index (χ3n) is 4.92. The van der Waals surface area contributed by atoms with Gasteiger partial charge >= 0.3 is 0 Å². The lowest BCUT2D eigenvalue weighted by Gasteiger charge is -2.31. The lowest BCUT2D eigenvalue weighted by Crippen LogP contribution is -2.55. The van der Waals surface area contributed by atoms with Gasteiger partial charge in [-0.2, -0.15) is 0 Å². The highest BCUT2D eigenvalue weighted by Crippen LogP contribution is 2.36. The van der Waals surface area contributed by atoms with Crippen molar-refractivity contribution in [3.05, 3.63) is 29.8 Å². The maximum Gasteiger partial charge on any atom is 0.237 e. The summed E-state index contributed by atoms with van der Waals surface area (Å²) in [5, 5.41) is 0. The fourth-order valence-electron chi connectivity index (χ4n) is 3.51. The van der Waals surface area contributed by atoms with Gasteiger partial charge in [-0.05, 0) is 50.7 Å². The first kappa shape index (κ1) is 15.8. The molecule has 0 radical (unpaired) electrons. The van der Waals surface area contributed by atoms with Crippen LogP contribution < -0.4 is 16.4 Å². The highest BCUT2D eigenvalue weighted by molar-refractivity contribution is 5.85. The van der Waals surface area contributed by atoms with Crippen molar-refractivity contribution < 1.29 is 4.79 Å². The van der Waals surface area contributed by atoms with Crippen molar-refractivity contribution in [2.45, 2.75) is 45.1 Å². The molecule has 0 aromatic heterocycles. The normalized spacial score (nSPS) is 25.0. The molecule has 4 N–H and O–H groups in total. The van der Waals surface area contributed by atoms with E-state index in [0.29, 0.717) is 0 Å². The number of rotatable bonds is 6. The number of carbonyl (C=O) groups is 1. The summed E-state index contributed by atoms with van der Waals surface area (Å²) in [6.45, 7) is 6.15. The number of nitrogens with zero attached hydrogens (tertiary/aromatic N) is 1. The number of primary amides is 1. The third-order valence-corrected chi connectivity index (χ3v) is 4.92. The molecule has 0 saturated heterocycles. The summed E-state index contributed by atoms with van der Waals surface area (Å²) in [6.07, 6.45) is 3.65. The molecule has 1 aromatic carbocycles. The smallest absolute Gasteiger partial charge is 0.237 e. The van der Waals surface area contributed by atoms with Gasteiger partial charge in [0.25, 0.3) is 0 Å². The zero-order valence-electron chi connectivity index (χ0n) is 13.1. The Morgan fingerprint density at radius 1 is 1.43 bits per heavy atom. The second-order valence-electron chi connectivity index (χ2n) is 6.15. The maximum atomic E-state index is 11.7. The van der Waals surface area contributed by atoms with Gasteiger partial charge in [0.2, 0.25) is 5.91 Å². The number of anilines is 1. The molecule has 1 aliphatic carbocycles. The summed E-state index contributed by atoms with van der Waals surface area (Å²) in [4.78, 5) is 14.0. The second-order valence-corrected chi connectivity index (χ2v) is 6.15. The monoisotopic (exact) mass is 289 g/mol. The van der Waals surface area contributed by atoms with Gasteiger partial charge in [-0.1, -0.05) is 24.6 Å². The molecule has 2 unspecified atom stereocenters. The number of para-hydroxylation sites is 1. The predicted octanol–water partition coefficient (Wildman–Crippen LogP) is 2.19. The fourth-order valence-corrected chi connectivity index (χ4v) is 3.51. The molecule has 116 valence electrons. The summed E-state index contributed by atoms with van der Waals surface area (Å²) in [7, 11) is 0. The molecule has 21 heavy (non-hydrogen) atoms. The van der Waals surface area contributed by atoms with E-state index in [4.69, 9.17) is 11.5 Å². The van der Waals surface area contributed by atoms with E-state index in [0.717, 1.165) is 38.8 Å². The predicted molar refractivity (Wildman–Crippen MR) is 87.1 cm³/mol. The van der Waals surface area contributed by atoms with Crippen LogP contribution in [0.3, 0.4) is 0 Å². The van der Waals surface area contributed by atoms with Crippen molar-refractivity contribution >= 4 is 11.6 Å². The van der Waals surface area contributed by atoms with Gasteiger partial charge in [-0.3, -0.25) is 4.79 Å². The first-order valence-electron chi connectivity index (χ1n) is 7.88. The number of nitrogens with two attached hydrogens (primary N) is 2. The van der Waals surface area contributed by atoms with E-state index in [1.54, 1.807) is 0 Å². The Bertz CT molecular complexity index is 503. The Labute approximate surface area is 127 Å². The summed E-state index contributed by atoms with van der Waals surface area (Å²) < 4.78 is 0. The van der Waals surface area contributed by atoms with E-state index in [2.05, 4.69) is 43.0 Å². The zero-order valence-corrected chi connectivity index (χ0v) is 13.1. The highest BCUT2D eigenvalue weighted by Gasteiger charge is 2.44. The highest BCUT2D eigenvalue weighted by atomic mass is 16.1. The molecule has 1 amide bonds. The van der Waals surface area contributed by atoms with Gasteiger partial charge in [0.15, 0.2) is 0 Å². The fraction of sp³-hybridized carbons (Fsp3) is 0.588. The van der Waals surface area contributed by atoms with Crippen molar-refractivity contribution in [1.82, 2.24) is 0 Å². The van der Waals surface area contributed by atoms with Crippen LogP contribution in [0.5, 0.6) is 0 Å². The Hall–Kier alpha value is -1.55. The maximum absolute atomic E-state index is 11.7. The largest absolute Gasteiger partial charge is 0.372 e. The molecule has 1 aliphatic rings. The minimum Gasteiger partial charge on any atom is -0.372 e. The molecule has 2 atom stereocenters. The number of benzene rings is 1. The van der Waals surface area contributed by atoms with E-state index in [9.17, 15) is 4.79 Å². The van der Waals surface area contributed by atoms with Gasteiger partial charge in [-0.25, -0.2) is 0 Å². The number of hydrogen-bond acceptors (Lipinski definition) is 3. The Kier molecular flexibility index (Phi) is 4.88. The van der Waals surface area contributed by atoms with E-state index in [-0.39, 0.29) is 11.8 Å². The van der Waals surface area contributed by atoms with Crippen LogP contribution in [0.1, 0.15) is 38.2 Å². The number of hydrogen-bond donors (Lipinski definition) is 2. The molecule has 0 spiro atoms. The molecule has 4 heteroatoms. The molecule has 4 nitrogen and oxygen atoms in total. The van der Waals surface area contributed by atoms with E-state index in [1.807, 2.05) is 0 Å². The molecule has 2 rings (SSSR count). The van der Waals surface area contributed by atoms with Crippen LogP contribution in [-0.2, 0) is 4.79 Å². The Morgan fingerprint density at radius 2 is 2.14 bits per heavy atom. The van der Waals surface area contributed by atoms with Crippen molar-refractivity contribution in [3.63, 3.8) is 0 Å². The van der Waals surface area contributed by atoms with E-state index in [1.165, 1.54) is 11.3 Å². The van der Waals surface area contributed by atoms with Crippen molar-refractivity contribution in [3.8, 4) is 0 Å². The lowest BCUT2D eigenvalue weighted by atomic mass is 9.85. The second kappa shape index (κ2) is 6.48. The molecular weight excluding hydrogens is 262 g/mol. The van der Waals surface area contributed by atoms with Crippen LogP contribution in [0.4, 0.5) is 5.69 Å². The molecule has 0 heterocycles. The first-order chi connectivity index (χ1) is 9.99. The third kappa shape index (κ3) is 3.21. The van der Waals surface area contributed by atoms with Crippen molar-refractivity contribution in [2.24, 2.45) is 17.4 Å². The molecule has 0 bridgehead atoms. The number of carbonyl (C=O) groups excluding carboxylic acids is 1. The Morgan fingerprint density at radius 3 is 2.76 bits per heavy atom. The van der Waals surface area contributed by atoms with Gasteiger partial charge in [0, 0.05) is 18.8 Å². The van der Waals surface area contributed by atoms with E-state index >= 15 is 0 Å². The zero-order chi connectivity index (χ0) is 15.5. The molecule has 1 fully saturated rings. The van der Waals surface area contributed by atoms with Crippen LogP contribution in [0.25, 0.3) is 0 Å². The van der Waals surface area contributed by atoms with Crippen LogP contribution >= 0.6 is 0 Å². The summed E-state index contributed by atoms with van der Waals surface area (Å²) in [6, 6.07) is 8.40. The van der Waals surface area contributed by atoms with Gasteiger partial charge in [0.05, 0.1) is 5.54 Å². The lowest BCUT2D eigenvalue weighted by molar-refractivity contribution is -0.124. The first-order valence-corrected chi connectivity index (χ1v) is 7.88. The van der Waals surface area contributed by atoms with Crippen LogP contribution in [0.2, 0.25) is 0 Å². The van der Waals surface area contributed by atoms with Crippen LogP contribution in [0.15, 0.2) is 24.3 Å². The number of aryl methyl sites for hydroxylation is 1. The topological polar surface area (TPSA) is 72.3 Å².